The van der Waals surface area contributed by atoms with Gasteiger partial charge < -0.3 is 9.47 Å². The first kappa shape index (κ1) is 24.0. The van der Waals surface area contributed by atoms with Crippen LogP contribution in [0.4, 0.5) is 0 Å². The van der Waals surface area contributed by atoms with Gasteiger partial charge in [0.25, 0.3) is 0 Å². The third-order valence-electron chi connectivity index (χ3n) is 5.43. The van der Waals surface area contributed by atoms with Crippen molar-refractivity contribution in [3.05, 3.63) is 54.1 Å². The zero-order valence-electron chi connectivity index (χ0n) is 19.0. The monoisotopic (exact) mass is 410 g/mol. The zero-order valence-corrected chi connectivity index (χ0v) is 19.0. The second-order valence-electron chi connectivity index (χ2n) is 7.94. The van der Waals surface area contributed by atoms with Crippen molar-refractivity contribution in [1.82, 2.24) is 0 Å². The largest absolute Gasteiger partial charge is 0.490 e. The Bertz CT molecular complexity index is 719. The van der Waals surface area contributed by atoms with Crippen molar-refractivity contribution in [3.8, 4) is 16.9 Å². The molecule has 0 bridgehead atoms. The summed E-state index contributed by atoms with van der Waals surface area (Å²) in [7, 11) is 0. The summed E-state index contributed by atoms with van der Waals surface area (Å²) in [5, 5.41) is 0. The highest BCUT2D eigenvalue weighted by atomic mass is 16.5. The second-order valence-corrected chi connectivity index (χ2v) is 7.94. The van der Waals surface area contributed by atoms with E-state index in [0.29, 0.717) is 12.2 Å². The van der Waals surface area contributed by atoms with Crippen LogP contribution in [0.1, 0.15) is 88.9 Å². The van der Waals surface area contributed by atoms with Gasteiger partial charge in [-0.25, -0.2) is 4.79 Å². The van der Waals surface area contributed by atoms with Crippen LogP contribution in [0.5, 0.6) is 5.75 Å². The molecular formula is C27H38O3. The van der Waals surface area contributed by atoms with E-state index in [1.165, 1.54) is 25.7 Å². The van der Waals surface area contributed by atoms with Gasteiger partial charge in [-0.15, -0.1) is 0 Å². The van der Waals surface area contributed by atoms with E-state index in [1.807, 2.05) is 36.4 Å². The summed E-state index contributed by atoms with van der Waals surface area (Å²) in [6.07, 6.45) is 10.7. The molecule has 3 heteroatoms. The minimum Gasteiger partial charge on any atom is -0.490 e. The Morgan fingerprint density at radius 3 is 1.97 bits per heavy atom. The average Bonchev–Trinajstić information content (AvgIpc) is 2.79. The molecule has 0 N–H and O–H groups in total. The van der Waals surface area contributed by atoms with Crippen molar-refractivity contribution in [1.29, 1.82) is 0 Å². The number of ether oxygens (including phenoxy) is 2. The van der Waals surface area contributed by atoms with E-state index in [9.17, 15) is 4.79 Å². The smallest absolute Gasteiger partial charge is 0.338 e. The fourth-order valence-corrected chi connectivity index (χ4v) is 3.46. The lowest BCUT2D eigenvalue weighted by atomic mass is 10.0. The predicted octanol–water partition coefficient (Wildman–Crippen LogP) is 7.83. The number of carbonyl (C=O) groups excluding carboxylic acids is 1. The van der Waals surface area contributed by atoms with Crippen molar-refractivity contribution in [2.24, 2.45) is 0 Å². The molecule has 0 aliphatic rings. The SMILES string of the molecule is CCCCCC[C@@H](CC)Oc1ccc(-c2ccc(C(=O)OCCCCC)cc2)cc1. The summed E-state index contributed by atoms with van der Waals surface area (Å²) in [5.74, 6) is 0.680. The lowest BCUT2D eigenvalue weighted by molar-refractivity contribution is 0.0498. The summed E-state index contributed by atoms with van der Waals surface area (Å²) < 4.78 is 11.5. The van der Waals surface area contributed by atoms with Crippen LogP contribution in [0.3, 0.4) is 0 Å². The summed E-state index contributed by atoms with van der Waals surface area (Å²) in [6, 6.07) is 15.9. The third kappa shape index (κ3) is 8.22. The zero-order chi connectivity index (χ0) is 21.6. The Hall–Kier alpha value is -2.29. The summed E-state index contributed by atoms with van der Waals surface area (Å²) in [6.45, 7) is 7.06. The van der Waals surface area contributed by atoms with Crippen molar-refractivity contribution in [2.45, 2.75) is 84.7 Å². The molecule has 0 spiro atoms. The Balaban J connectivity index is 1.88. The van der Waals surface area contributed by atoms with E-state index in [1.54, 1.807) is 0 Å². The Morgan fingerprint density at radius 2 is 1.37 bits per heavy atom. The molecule has 0 saturated carbocycles. The van der Waals surface area contributed by atoms with Gasteiger partial charge in [-0.1, -0.05) is 77.1 Å². The molecule has 3 nitrogen and oxygen atoms in total. The number of esters is 1. The van der Waals surface area contributed by atoms with Crippen molar-refractivity contribution in [2.75, 3.05) is 6.61 Å². The topological polar surface area (TPSA) is 35.5 Å². The molecule has 0 radical (unpaired) electrons. The lowest BCUT2D eigenvalue weighted by Crippen LogP contribution is -2.15. The van der Waals surface area contributed by atoms with E-state index in [2.05, 4.69) is 32.9 Å². The van der Waals surface area contributed by atoms with Gasteiger partial charge in [0, 0.05) is 0 Å². The number of rotatable bonds is 14. The van der Waals surface area contributed by atoms with Crippen LogP contribution in [0, 0.1) is 0 Å². The van der Waals surface area contributed by atoms with Crippen molar-refractivity contribution in [3.63, 3.8) is 0 Å². The molecule has 0 fully saturated rings. The van der Waals surface area contributed by atoms with Crippen LogP contribution in [0.15, 0.2) is 48.5 Å². The molecule has 0 saturated heterocycles. The second kappa shape index (κ2) is 13.8. The summed E-state index contributed by atoms with van der Waals surface area (Å²) >= 11 is 0. The molecular weight excluding hydrogens is 372 g/mol. The van der Waals surface area contributed by atoms with E-state index in [-0.39, 0.29) is 12.1 Å². The van der Waals surface area contributed by atoms with Gasteiger partial charge in [0.15, 0.2) is 0 Å². The number of benzene rings is 2. The number of carbonyl (C=O) groups is 1. The predicted molar refractivity (Wildman–Crippen MR) is 125 cm³/mol. The Labute approximate surface area is 182 Å². The number of hydrogen-bond acceptors (Lipinski definition) is 3. The normalized spacial score (nSPS) is 11.8. The molecule has 0 aliphatic heterocycles. The highest BCUT2D eigenvalue weighted by Crippen LogP contribution is 2.24. The average molecular weight is 411 g/mol. The molecule has 0 aromatic heterocycles. The summed E-state index contributed by atoms with van der Waals surface area (Å²) in [4.78, 5) is 12.1. The third-order valence-corrected chi connectivity index (χ3v) is 5.43. The van der Waals surface area contributed by atoms with Gasteiger partial charge in [0.1, 0.15) is 5.75 Å². The summed E-state index contributed by atoms with van der Waals surface area (Å²) in [5.41, 5.74) is 2.79. The first-order valence-corrected chi connectivity index (χ1v) is 11.7. The van der Waals surface area contributed by atoms with Gasteiger partial charge in [-0.2, -0.15) is 0 Å². The van der Waals surface area contributed by atoms with Gasteiger partial charge >= 0.3 is 5.97 Å². The van der Waals surface area contributed by atoms with E-state index < -0.39 is 0 Å². The maximum atomic E-state index is 12.1. The van der Waals surface area contributed by atoms with E-state index in [4.69, 9.17) is 9.47 Å². The quantitative estimate of drug-likeness (QED) is 0.235. The molecule has 2 aromatic rings. The maximum absolute atomic E-state index is 12.1. The fraction of sp³-hybridized carbons (Fsp3) is 0.519. The molecule has 164 valence electrons. The van der Waals surface area contributed by atoms with E-state index >= 15 is 0 Å². The minimum atomic E-state index is -0.244. The van der Waals surface area contributed by atoms with Crippen molar-refractivity contribution < 1.29 is 14.3 Å². The lowest BCUT2D eigenvalue weighted by Gasteiger charge is -2.18. The molecule has 30 heavy (non-hydrogen) atoms. The number of unbranched alkanes of at least 4 members (excludes halogenated alkanes) is 5. The van der Waals surface area contributed by atoms with Crippen LogP contribution in [0.25, 0.3) is 11.1 Å². The van der Waals surface area contributed by atoms with Crippen LogP contribution < -0.4 is 4.74 Å². The van der Waals surface area contributed by atoms with Crippen LogP contribution in [0.2, 0.25) is 0 Å². The fourth-order valence-electron chi connectivity index (χ4n) is 3.46. The van der Waals surface area contributed by atoms with Gasteiger partial charge in [-0.3, -0.25) is 0 Å². The van der Waals surface area contributed by atoms with Gasteiger partial charge in [-0.05, 0) is 61.1 Å². The van der Waals surface area contributed by atoms with Crippen molar-refractivity contribution >= 4 is 5.97 Å². The molecule has 0 amide bonds. The Kier molecular flexibility index (Phi) is 11.1. The highest BCUT2D eigenvalue weighted by Gasteiger charge is 2.10. The molecule has 2 rings (SSSR count). The van der Waals surface area contributed by atoms with Gasteiger partial charge in [0.2, 0.25) is 0 Å². The molecule has 0 aliphatic carbocycles. The van der Waals surface area contributed by atoms with E-state index in [0.717, 1.165) is 49.0 Å². The van der Waals surface area contributed by atoms with Crippen LogP contribution in [-0.4, -0.2) is 18.7 Å². The van der Waals surface area contributed by atoms with Crippen LogP contribution in [-0.2, 0) is 4.74 Å². The number of hydrogen-bond donors (Lipinski definition) is 0. The first-order valence-electron chi connectivity index (χ1n) is 11.7. The first-order chi connectivity index (χ1) is 14.7. The molecule has 1 atom stereocenters. The van der Waals surface area contributed by atoms with Crippen LogP contribution >= 0.6 is 0 Å². The molecule has 2 aromatic carbocycles. The maximum Gasteiger partial charge on any atom is 0.338 e. The Morgan fingerprint density at radius 1 is 0.767 bits per heavy atom. The molecule has 0 unspecified atom stereocenters. The standard InChI is InChI=1S/C27H38O3/c1-4-7-9-10-12-25(6-3)30-26-19-17-23(18-20-26)22-13-15-24(16-14-22)27(28)29-21-11-8-5-2/h13-20,25H,4-12,21H2,1-3H3/t25-/m1/s1. The minimum absolute atomic E-state index is 0.244. The van der Waals surface area contributed by atoms with Gasteiger partial charge in [0.05, 0.1) is 18.3 Å². The molecule has 0 heterocycles. The highest BCUT2D eigenvalue weighted by molar-refractivity contribution is 5.90.